The molecule has 57 heavy (non-hydrogen) atoms. The predicted molar refractivity (Wildman–Crippen MR) is 241 cm³/mol. The largest absolute Gasteiger partial charge is 0.472 e. The number of unbranched alkanes of at least 4 members (excludes halogenated alkanes) is 26. The fourth-order valence-electron chi connectivity index (χ4n) is 6.89. The molecule has 0 fully saturated rings. The van der Waals surface area contributed by atoms with Crippen molar-refractivity contribution in [3.05, 3.63) is 36.5 Å². The van der Waals surface area contributed by atoms with Crippen molar-refractivity contribution in [1.29, 1.82) is 0 Å². The van der Waals surface area contributed by atoms with Crippen LogP contribution in [0.25, 0.3) is 0 Å². The standard InChI is InChI=1S/C47H91N2O7P/c1-3-5-7-9-11-13-15-17-19-21-23-25-27-29-31-33-35-37-39-46(51)45(43-56-57(53,54)55-41-40-48)49-47(52)42-44(50)38-36-34-32-30-28-26-24-22-20-18-16-14-12-10-8-6-4-2/h22,24,29,31,37,39,44-46,50-51H,3-21,23,25-28,30,32-36,38,40-43,48H2,1-2H3,(H,49,52)(H,53,54)/b24-22-,31-29+,39-37+. The number of nitrogens with one attached hydrogen (secondary N) is 1. The van der Waals surface area contributed by atoms with Gasteiger partial charge < -0.3 is 26.2 Å². The van der Waals surface area contributed by atoms with E-state index in [1.54, 1.807) is 6.08 Å². The summed E-state index contributed by atoms with van der Waals surface area (Å²) in [5, 5.41) is 24.1. The van der Waals surface area contributed by atoms with Gasteiger partial charge in [0.2, 0.25) is 5.91 Å². The van der Waals surface area contributed by atoms with Crippen LogP contribution in [0.15, 0.2) is 36.5 Å². The number of nitrogens with two attached hydrogens (primary N) is 1. The van der Waals surface area contributed by atoms with Gasteiger partial charge in [-0.2, -0.15) is 0 Å². The van der Waals surface area contributed by atoms with E-state index in [1.165, 1.54) is 141 Å². The zero-order valence-corrected chi connectivity index (χ0v) is 37.8. The molecule has 6 N–H and O–H groups in total. The molecule has 0 heterocycles. The van der Waals surface area contributed by atoms with Gasteiger partial charge in [-0.15, -0.1) is 0 Å². The van der Waals surface area contributed by atoms with E-state index in [-0.39, 0.29) is 19.6 Å². The molecule has 0 spiro atoms. The molecule has 4 atom stereocenters. The molecule has 0 aliphatic carbocycles. The van der Waals surface area contributed by atoms with Gasteiger partial charge in [0, 0.05) is 6.54 Å². The van der Waals surface area contributed by atoms with Crippen LogP contribution in [0.5, 0.6) is 0 Å². The van der Waals surface area contributed by atoms with Crippen LogP contribution in [0.4, 0.5) is 0 Å². The molecule has 10 heteroatoms. The maximum Gasteiger partial charge on any atom is 0.472 e. The number of allylic oxidation sites excluding steroid dienone is 5. The highest BCUT2D eigenvalue weighted by atomic mass is 31.2. The lowest BCUT2D eigenvalue weighted by Crippen LogP contribution is -2.46. The summed E-state index contributed by atoms with van der Waals surface area (Å²) in [5.74, 6) is -0.460. The third kappa shape index (κ3) is 41.2. The number of carbonyl (C=O) groups is 1. The summed E-state index contributed by atoms with van der Waals surface area (Å²) in [6.07, 6.45) is 48.0. The quantitative estimate of drug-likeness (QED) is 0.0231. The molecule has 0 aliphatic rings. The van der Waals surface area contributed by atoms with Crippen molar-refractivity contribution in [2.75, 3.05) is 19.8 Å². The molecule has 0 radical (unpaired) electrons. The average molecular weight is 827 g/mol. The molecule has 0 bridgehead atoms. The van der Waals surface area contributed by atoms with Crippen LogP contribution in [0.3, 0.4) is 0 Å². The number of carbonyl (C=O) groups excluding carboxylic acids is 1. The van der Waals surface area contributed by atoms with Gasteiger partial charge in [-0.25, -0.2) is 4.57 Å². The normalized spacial score (nSPS) is 14.8. The minimum atomic E-state index is -4.41. The molecule has 1 amide bonds. The van der Waals surface area contributed by atoms with Crippen molar-refractivity contribution in [1.82, 2.24) is 5.32 Å². The van der Waals surface area contributed by atoms with Gasteiger partial charge >= 0.3 is 7.82 Å². The number of amides is 1. The van der Waals surface area contributed by atoms with Crippen LogP contribution in [-0.2, 0) is 18.4 Å². The molecule has 4 unspecified atom stereocenters. The van der Waals surface area contributed by atoms with Crippen LogP contribution < -0.4 is 11.1 Å². The first kappa shape index (κ1) is 55.7. The Bertz CT molecular complexity index is 1010. The van der Waals surface area contributed by atoms with Crippen molar-refractivity contribution >= 4 is 13.7 Å². The maximum absolute atomic E-state index is 12.8. The first-order chi connectivity index (χ1) is 27.8. The summed E-state index contributed by atoms with van der Waals surface area (Å²) < 4.78 is 22.1. The topological polar surface area (TPSA) is 151 Å². The van der Waals surface area contributed by atoms with Gasteiger partial charge in [-0.1, -0.05) is 192 Å². The smallest absolute Gasteiger partial charge is 0.393 e. The Kier molecular flexibility index (Phi) is 41.8. The number of phosphoric acid groups is 1. The van der Waals surface area contributed by atoms with E-state index in [0.29, 0.717) is 12.8 Å². The fraction of sp³-hybridized carbons (Fsp3) is 0.851. The minimum absolute atomic E-state index is 0.0436. The lowest BCUT2D eigenvalue weighted by molar-refractivity contribution is -0.124. The number of aliphatic hydroxyl groups is 2. The van der Waals surface area contributed by atoms with Crippen LogP contribution in [-0.4, -0.2) is 59.0 Å². The maximum atomic E-state index is 12.8. The van der Waals surface area contributed by atoms with E-state index in [4.69, 9.17) is 14.8 Å². The first-order valence-electron chi connectivity index (χ1n) is 23.7. The number of hydrogen-bond donors (Lipinski definition) is 5. The van der Waals surface area contributed by atoms with E-state index in [9.17, 15) is 24.5 Å². The third-order valence-electron chi connectivity index (χ3n) is 10.5. The van der Waals surface area contributed by atoms with Crippen LogP contribution in [0, 0.1) is 0 Å². The van der Waals surface area contributed by atoms with Gasteiger partial charge in [-0.3, -0.25) is 13.8 Å². The van der Waals surface area contributed by atoms with Gasteiger partial charge in [0.1, 0.15) is 0 Å². The molecule has 0 saturated heterocycles. The summed E-state index contributed by atoms with van der Waals surface area (Å²) in [6, 6.07) is -1.00. The first-order valence-corrected chi connectivity index (χ1v) is 25.2. The molecule has 9 nitrogen and oxygen atoms in total. The molecule has 336 valence electrons. The van der Waals surface area contributed by atoms with Gasteiger partial charge in [0.15, 0.2) is 0 Å². The monoisotopic (exact) mass is 827 g/mol. The van der Waals surface area contributed by atoms with Crippen LogP contribution in [0.2, 0.25) is 0 Å². The van der Waals surface area contributed by atoms with E-state index < -0.39 is 38.6 Å². The van der Waals surface area contributed by atoms with E-state index in [0.717, 1.165) is 44.9 Å². The Balaban J connectivity index is 4.32. The van der Waals surface area contributed by atoms with Crippen molar-refractivity contribution < 1.29 is 33.5 Å². The summed E-state index contributed by atoms with van der Waals surface area (Å²) in [4.78, 5) is 22.8. The van der Waals surface area contributed by atoms with E-state index >= 15 is 0 Å². The molecule has 0 saturated carbocycles. The molecule has 0 aromatic heterocycles. The summed E-state index contributed by atoms with van der Waals surface area (Å²) in [6.45, 7) is 3.96. The number of phosphoric ester groups is 1. The SMILES string of the molecule is CCCCCCCCCC/C=C\CCCCCCCC(O)CC(=O)NC(COP(=O)(O)OCCN)C(O)/C=C/CC/C=C/CCCCCCCCCCCCCC. The van der Waals surface area contributed by atoms with Crippen LogP contribution in [0.1, 0.15) is 219 Å². The van der Waals surface area contributed by atoms with Crippen molar-refractivity contribution in [3.63, 3.8) is 0 Å². The second kappa shape index (κ2) is 42.8. The van der Waals surface area contributed by atoms with E-state index in [2.05, 4.69) is 43.5 Å². The molecule has 0 aliphatic heterocycles. The highest BCUT2D eigenvalue weighted by Crippen LogP contribution is 2.43. The molecule has 0 rings (SSSR count). The summed E-state index contributed by atoms with van der Waals surface area (Å²) in [7, 11) is -4.41. The zero-order valence-electron chi connectivity index (χ0n) is 36.9. The van der Waals surface area contributed by atoms with Crippen molar-refractivity contribution in [2.24, 2.45) is 5.73 Å². The average Bonchev–Trinajstić information content (AvgIpc) is 3.19. The number of hydrogen-bond acceptors (Lipinski definition) is 7. The lowest BCUT2D eigenvalue weighted by atomic mass is 10.0. The lowest BCUT2D eigenvalue weighted by Gasteiger charge is -2.24. The van der Waals surface area contributed by atoms with Crippen molar-refractivity contribution in [3.8, 4) is 0 Å². The Labute approximate surface area is 351 Å². The van der Waals surface area contributed by atoms with Crippen molar-refractivity contribution in [2.45, 2.75) is 238 Å². The number of rotatable bonds is 44. The molecule has 0 aromatic carbocycles. The Hall–Kier alpha value is -1.32. The Morgan fingerprint density at radius 3 is 1.46 bits per heavy atom. The van der Waals surface area contributed by atoms with Gasteiger partial charge in [0.25, 0.3) is 0 Å². The predicted octanol–water partition coefficient (Wildman–Crippen LogP) is 12.5. The number of aliphatic hydroxyl groups excluding tert-OH is 2. The molecular weight excluding hydrogens is 735 g/mol. The fourth-order valence-corrected chi connectivity index (χ4v) is 7.65. The second-order valence-electron chi connectivity index (χ2n) is 16.1. The second-order valence-corrected chi connectivity index (χ2v) is 17.6. The molecule has 0 aromatic rings. The summed E-state index contributed by atoms with van der Waals surface area (Å²) in [5.41, 5.74) is 5.37. The zero-order chi connectivity index (χ0) is 41.9. The highest BCUT2D eigenvalue weighted by Gasteiger charge is 2.27. The van der Waals surface area contributed by atoms with Gasteiger partial charge in [0.05, 0.1) is 37.9 Å². The third-order valence-corrected chi connectivity index (χ3v) is 11.5. The highest BCUT2D eigenvalue weighted by molar-refractivity contribution is 7.47. The minimum Gasteiger partial charge on any atom is -0.393 e. The van der Waals surface area contributed by atoms with Crippen LogP contribution >= 0.6 is 7.82 Å². The molecular formula is C47H91N2O7P. The van der Waals surface area contributed by atoms with E-state index in [1.807, 2.05) is 6.08 Å². The van der Waals surface area contributed by atoms with Gasteiger partial charge in [-0.05, 0) is 57.8 Å². The summed E-state index contributed by atoms with van der Waals surface area (Å²) >= 11 is 0. The Morgan fingerprint density at radius 2 is 1.00 bits per heavy atom. The Morgan fingerprint density at radius 1 is 0.596 bits per heavy atom.